The van der Waals surface area contributed by atoms with Crippen LogP contribution in [0.3, 0.4) is 0 Å². The molecule has 0 saturated heterocycles. The zero-order valence-electron chi connectivity index (χ0n) is 8.89. The van der Waals surface area contributed by atoms with Gasteiger partial charge in [-0.1, -0.05) is 6.58 Å². The molecule has 0 spiro atoms. The van der Waals surface area contributed by atoms with Crippen molar-refractivity contribution in [3.63, 3.8) is 0 Å². The van der Waals surface area contributed by atoms with E-state index in [2.05, 4.69) is 18.2 Å². The molecule has 1 atom stereocenters. The van der Waals surface area contributed by atoms with Gasteiger partial charge in [-0.2, -0.15) is 14.8 Å². The van der Waals surface area contributed by atoms with Gasteiger partial charge in [0, 0.05) is 5.57 Å². The van der Waals surface area contributed by atoms with E-state index in [0.29, 0.717) is 0 Å². The van der Waals surface area contributed by atoms with E-state index in [-0.39, 0.29) is 48.0 Å². The van der Waals surface area contributed by atoms with Gasteiger partial charge in [0.2, 0.25) is 5.44 Å². The Bertz CT molecular complexity index is 322. The summed E-state index contributed by atoms with van der Waals surface area (Å²) in [7, 11) is -4.38. The molecule has 0 amide bonds. The Morgan fingerprint density at radius 2 is 2.07 bits per heavy atom. The number of rotatable bonds is 5. The number of esters is 1. The van der Waals surface area contributed by atoms with Crippen LogP contribution in [0.15, 0.2) is 12.2 Å². The summed E-state index contributed by atoms with van der Waals surface area (Å²) in [6.07, 6.45) is 0.186. The molecule has 0 aliphatic rings. The quantitative estimate of drug-likeness (QED) is 0.198. The second kappa shape index (κ2) is 7.40. The molecule has 0 fully saturated rings. The van der Waals surface area contributed by atoms with Gasteiger partial charge in [-0.3, -0.25) is 4.55 Å². The van der Waals surface area contributed by atoms with Gasteiger partial charge in [0.15, 0.2) is 0 Å². The van der Waals surface area contributed by atoms with E-state index < -0.39 is 21.5 Å². The molecule has 82 valence electrons. The summed E-state index contributed by atoms with van der Waals surface area (Å²) in [6, 6.07) is 0. The monoisotopic (exact) mass is 244 g/mol. The molecule has 1 unspecified atom stereocenters. The largest absolute Gasteiger partial charge is 1.00 e. The van der Waals surface area contributed by atoms with Crippen molar-refractivity contribution in [3.8, 4) is 0 Å². The standard InChI is InChI=1S/C8H13O5S.Na/c1-4-5-7(14(10,11)12)13-8(9)6(2)3;/h7H,1-2,4-5H2,3H3,(H,10,11,12);/q-1;+1. The molecule has 0 aromatic heterocycles. The first-order valence-electron chi connectivity index (χ1n) is 3.91. The van der Waals surface area contributed by atoms with Gasteiger partial charge in [0.25, 0.3) is 0 Å². The normalized spacial score (nSPS) is 12.5. The Labute approximate surface area is 112 Å². The van der Waals surface area contributed by atoms with Gasteiger partial charge in [-0.25, -0.2) is 4.79 Å². The van der Waals surface area contributed by atoms with Crippen LogP contribution in [-0.4, -0.2) is 24.4 Å². The topological polar surface area (TPSA) is 80.7 Å². The maximum atomic E-state index is 11.0. The van der Waals surface area contributed by atoms with Crippen LogP contribution in [0.25, 0.3) is 0 Å². The molecule has 15 heavy (non-hydrogen) atoms. The molecule has 0 aromatic rings. The smallest absolute Gasteiger partial charge is 0.440 e. The summed E-state index contributed by atoms with van der Waals surface area (Å²) in [4.78, 5) is 11.0. The SMILES string of the molecule is C=C(C)C(=O)OC(CC[CH2-])S(=O)(=O)O.[Na+]. The minimum atomic E-state index is -4.38. The van der Waals surface area contributed by atoms with E-state index in [1.807, 2.05) is 0 Å². The third-order valence-electron chi connectivity index (χ3n) is 1.36. The Morgan fingerprint density at radius 1 is 1.60 bits per heavy atom. The predicted octanol–water partition coefficient (Wildman–Crippen LogP) is -2.06. The maximum Gasteiger partial charge on any atom is 1.00 e. The zero-order valence-corrected chi connectivity index (χ0v) is 11.7. The third kappa shape index (κ3) is 7.08. The molecule has 5 nitrogen and oxygen atoms in total. The predicted molar refractivity (Wildman–Crippen MR) is 50.8 cm³/mol. The van der Waals surface area contributed by atoms with E-state index in [9.17, 15) is 13.2 Å². The number of hydrogen-bond donors (Lipinski definition) is 1. The van der Waals surface area contributed by atoms with Gasteiger partial charge in [-0.15, -0.1) is 0 Å². The zero-order chi connectivity index (χ0) is 11.4. The first-order valence-corrected chi connectivity index (χ1v) is 5.41. The minimum Gasteiger partial charge on any atom is -0.440 e. The second-order valence-corrected chi connectivity index (χ2v) is 4.33. The first kappa shape index (κ1) is 17.5. The number of carbonyl (C=O) groups excluding carboxylic acids is 1. The molecular formula is C8H13NaO5S. The van der Waals surface area contributed by atoms with Crippen LogP contribution in [0.4, 0.5) is 0 Å². The number of hydrogen-bond acceptors (Lipinski definition) is 4. The van der Waals surface area contributed by atoms with E-state index in [4.69, 9.17) is 4.55 Å². The first-order chi connectivity index (χ1) is 6.29. The summed E-state index contributed by atoms with van der Waals surface area (Å²) in [5.74, 6) is -0.846. The number of carbonyl (C=O) groups is 1. The molecule has 1 N–H and O–H groups in total. The molecule has 0 heterocycles. The third-order valence-corrected chi connectivity index (χ3v) is 2.36. The fourth-order valence-electron chi connectivity index (χ4n) is 0.655. The molecule has 7 heteroatoms. The van der Waals surface area contributed by atoms with E-state index in [1.54, 1.807) is 0 Å². The Kier molecular flexibility index (Phi) is 8.64. The van der Waals surface area contributed by atoms with Gasteiger partial charge < -0.3 is 11.7 Å². The minimum absolute atomic E-state index is 0. The van der Waals surface area contributed by atoms with Crippen molar-refractivity contribution in [1.29, 1.82) is 0 Å². The van der Waals surface area contributed by atoms with Crippen LogP contribution in [0.1, 0.15) is 19.8 Å². The van der Waals surface area contributed by atoms with Gasteiger partial charge in [0.1, 0.15) is 0 Å². The molecule has 0 aromatic carbocycles. The summed E-state index contributed by atoms with van der Waals surface area (Å²) < 4.78 is 34.6. The summed E-state index contributed by atoms with van der Waals surface area (Å²) >= 11 is 0. The fraction of sp³-hybridized carbons (Fsp3) is 0.500. The molecule has 0 radical (unpaired) electrons. The van der Waals surface area contributed by atoms with Crippen LogP contribution in [0, 0.1) is 6.92 Å². The van der Waals surface area contributed by atoms with Crippen molar-refractivity contribution in [2.45, 2.75) is 25.2 Å². The Balaban J connectivity index is 0. The Hall–Kier alpha value is 0.120. The van der Waals surface area contributed by atoms with Crippen LogP contribution in [0.5, 0.6) is 0 Å². The van der Waals surface area contributed by atoms with Crippen molar-refractivity contribution < 1.29 is 52.1 Å². The average Bonchev–Trinajstić information content (AvgIpc) is 2.01. The summed E-state index contributed by atoms with van der Waals surface area (Å²) in [5, 5.41) is 0. The summed E-state index contributed by atoms with van der Waals surface area (Å²) in [6.45, 7) is 8.07. The van der Waals surface area contributed by atoms with Crippen molar-refractivity contribution in [3.05, 3.63) is 19.1 Å². The van der Waals surface area contributed by atoms with E-state index in [1.165, 1.54) is 6.92 Å². The molecular weight excluding hydrogens is 231 g/mol. The van der Waals surface area contributed by atoms with Crippen LogP contribution >= 0.6 is 0 Å². The van der Waals surface area contributed by atoms with Gasteiger partial charge >= 0.3 is 45.6 Å². The summed E-state index contributed by atoms with van der Waals surface area (Å²) in [5.41, 5.74) is -1.48. The van der Waals surface area contributed by atoms with Crippen molar-refractivity contribution in [1.82, 2.24) is 0 Å². The van der Waals surface area contributed by atoms with Gasteiger partial charge in [-0.05, 0) is 13.3 Å². The maximum absolute atomic E-state index is 11.0. The molecule has 0 aliphatic heterocycles. The van der Waals surface area contributed by atoms with Crippen molar-refractivity contribution in [2.75, 3.05) is 0 Å². The van der Waals surface area contributed by atoms with Crippen molar-refractivity contribution >= 4 is 16.1 Å². The van der Waals surface area contributed by atoms with Crippen LogP contribution in [0.2, 0.25) is 0 Å². The van der Waals surface area contributed by atoms with E-state index in [0.717, 1.165) is 0 Å². The number of ether oxygens (including phenoxy) is 1. The van der Waals surface area contributed by atoms with Gasteiger partial charge in [0.05, 0.1) is 0 Å². The molecule has 0 saturated carbocycles. The molecule has 0 aliphatic carbocycles. The second-order valence-electron chi connectivity index (χ2n) is 2.77. The fourth-order valence-corrected chi connectivity index (χ4v) is 1.33. The van der Waals surface area contributed by atoms with Crippen LogP contribution < -0.4 is 29.6 Å². The average molecular weight is 244 g/mol. The molecule has 0 bridgehead atoms. The Morgan fingerprint density at radius 3 is 2.33 bits per heavy atom. The van der Waals surface area contributed by atoms with Crippen molar-refractivity contribution in [2.24, 2.45) is 0 Å². The van der Waals surface area contributed by atoms with Crippen LogP contribution in [-0.2, 0) is 19.6 Å². The molecule has 0 rings (SSSR count). The van der Waals surface area contributed by atoms with E-state index >= 15 is 0 Å².